The lowest BCUT2D eigenvalue weighted by atomic mass is 9.79. The van der Waals surface area contributed by atoms with Crippen LogP contribution in [0.3, 0.4) is 0 Å². The summed E-state index contributed by atoms with van der Waals surface area (Å²) in [6.07, 6.45) is -4.52. The summed E-state index contributed by atoms with van der Waals surface area (Å²) >= 11 is 3.29. The average Bonchev–Trinajstić information content (AvgIpc) is 3.63. The summed E-state index contributed by atoms with van der Waals surface area (Å²) in [4.78, 5) is 12.7. The maximum absolute atomic E-state index is 13.2. The topological polar surface area (TPSA) is 72.1 Å². The van der Waals surface area contributed by atoms with E-state index >= 15 is 0 Å². The molecule has 0 radical (unpaired) electrons. The molecule has 268 valence electrons. The van der Waals surface area contributed by atoms with Crippen LogP contribution in [0.1, 0.15) is 74.3 Å². The van der Waals surface area contributed by atoms with Crippen LogP contribution < -0.4 is 5.46 Å². The van der Waals surface area contributed by atoms with Crippen molar-refractivity contribution in [2.45, 2.75) is 84.5 Å². The van der Waals surface area contributed by atoms with E-state index in [1.807, 2.05) is 88.4 Å². The van der Waals surface area contributed by atoms with Crippen molar-refractivity contribution in [1.29, 1.82) is 0 Å². The number of benzene rings is 4. The lowest BCUT2D eigenvalue weighted by Gasteiger charge is -2.32. The van der Waals surface area contributed by atoms with Gasteiger partial charge in [-0.05, 0) is 104 Å². The molecule has 1 atom stereocenters. The van der Waals surface area contributed by atoms with Crippen LogP contribution in [0.5, 0.6) is 0 Å². The molecule has 6 nitrogen and oxygen atoms in total. The summed E-state index contributed by atoms with van der Waals surface area (Å²) in [5.74, 6) is -1.95. The number of fused-ring (bicyclic) bond motifs is 1. The van der Waals surface area contributed by atoms with E-state index in [-0.39, 0.29) is 12.3 Å². The number of rotatable bonds is 9. The highest BCUT2D eigenvalue weighted by Gasteiger charge is 2.51. The highest BCUT2D eigenvalue weighted by atomic mass is 79.9. The summed E-state index contributed by atoms with van der Waals surface area (Å²) in [6, 6.07) is 30.1. The van der Waals surface area contributed by atoms with Crippen molar-refractivity contribution < 1.29 is 36.8 Å². The Morgan fingerprint density at radius 1 is 0.863 bits per heavy atom. The zero-order valence-electron chi connectivity index (χ0n) is 29.6. The maximum atomic E-state index is 13.2. The van der Waals surface area contributed by atoms with Crippen molar-refractivity contribution in [2.24, 2.45) is 0 Å². The average molecular weight is 764 g/mol. The predicted octanol–water partition coefficient (Wildman–Crippen LogP) is 9.90. The molecule has 0 spiro atoms. The molecule has 1 saturated heterocycles. The van der Waals surface area contributed by atoms with E-state index in [9.17, 15) is 18.0 Å². The molecule has 0 bridgehead atoms. The first kappa shape index (κ1) is 38.3. The number of carboxylic acid groups (broad SMARTS) is 1. The summed E-state index contributed by atoms with van der Waals surface area (Å²) in [7, 11) is -0.456. The number of nitrogens with zero attached hydrogens (tertiary/aromatic N) is 1. The second-order valence-corrected chi connectivity index (χ2v) is 14.9. The van der Waals surface area contributed by atoms with Crippen LogP contribution in [0.2, 0.25) is 0 Å². The predicted molar refractivity (Wildman–Crippen MR) is 198 cm³/mol. The minimum absolute atomic E-state index is 0.234. The molecule has 0 amide bonds. The molecule has 2 heterocycles. The summed E-state index contributed by atoms with van der Waals surface area (Å²) in [6.45, 7) is 13.1. The summed E-state index contributed by atoms with van der Waals surface area (Å²) in [5.41, 5.74) is 4.18. The molecule has 1 aromatic heterocycles. The van der Waals surface area contributed by atoms with Crippen molar-refractivity contribution >= 4 is 45.3 Å². The van der Waals surface area contributed by atoms with Gasteiger partial charge < -0.3 is 18.8 Å². The van der Waals surface area contributed by atoms with E-state index in [1.54, 1.807) is 6.92 Å². The highest BCUT2D eigenvalue weighted by Crippen LogP contribution is 2.37. The number of carbonyl (C=O) groups is 1. The van der Waals surface area contributed by atoms with Crippen LogP contribution in [0, 0.1) is 6.92 Å². The first-order chi connectivity index (χ1) is 23.9. The smallest absolute Gasteiger partial charge is 0.481 e. The number of hydrogen-bond acceptors (Lipinski definition) is 5. The third kappa shape index (κ3) is 9.32. The van der Waals surface area contributed by atoms with Gasteiger partial charge in [-0.25, -0.2) is 0 Å². The van der Waals surface area contributed by atoms with Crippen molar-refractivity contribution in [3.63, 3.8) is 0 Å². The van der Waals surface area contributed by atoms with Crippen LogP contribution in [0.15, 0.2) is 106 Å². The number of aliphatic carboxylic acids is 1. The second kappa shape index (κ2) is 15.4. The third-order valence-corrected chi connectivity index (χ3v) is 10.1. The van der Waals surface area contributed by atoms with Crippen LogP contribution >= 0.6 is 15.9 Å². The van der Waals surface area contributed by atoms with E-state index in [1.165, 1.54) is 6.07 Å². The largest absolute Gasteiger partial charge is 0.494 e. The number of furan rings is 1. The molecule has 5 aromatic rings. The Balaban J connectivity index is 0.000000357. The second-order valence-electron chi connectivity index (χ2n) is 13.9. The molecular formula is C40H42BBrF3NO5. The van der Waals surface area contributed by atoms with Crippen molar-refractivity contribution in [2.75, 3.05) is 0 Å². The minimum Gasteiger partial charge on any atom is -0.481 e. The Hall–Kier alpha value is -3.90. The molecular weight excluding hydrogens is 722 g/mol. The standard InChI is InChI=1S/C31H33BF3NO3.C9H9BrO2/c1-21-10-13-23-8-6-7-9-26(23)27(21)20-36(19-25-16-17-28(37-25)31(33,34)35)18-22-11-14-24(15-12-22)32-38-29(2,3)30(4,5)39-32;1-6(9(11)12)7-3-2-4-8(10)5-7/h6-17H,18-20H2,1-5H3;2-6H,1H3,(H,11,12)/t;6-/m.1/s1. The molecule has 6 rings (SSSR count). The van der Waals surface area contributed by atoms with Gasteiger partial charge in [0.15, 0.2) is 0 Å². The lowest BCUT2D eigenvalue weighted by Crippen LogP contribution is -2.41. The Labute approximate surface area is 305 Å². The molecule has 0 unspecified atom stereocenters. The van der Waals surface area contributed by atoms with Gasteiger partial charge in [-0.2, -0.15) is 13.2 Å². The van der Waals surface area contributed by atoms with Crippen LogP contribution in [-0.2, 0) is 39.9 Å². The Morgan fingerprint density at radius 2 is 1.53 bits per heavy atom. The number of hydrogen-bond donors (Lipinski definition) is 1. The first-order valence-corrected chi connectivity index (χ1v) is 17.5. The van der Waals surface area contributed by atoms with Crippen LogP contribution in [0.4, 0.5) is 13.2 Å². The molecule has 51 heavy (non-hydrogen) atoms. The first-order valence-electron chi connectivity index (χ1n) is 16.7. The number of halogens is 4. The zero-order chi connectivity index (χ0) is 37.1. The van der Waals surface area contributed by atoms with Crippen LogP contribution in [0.25, 0.3) is 10.8 Å². The van der Waals surface area contributed by atoms with Gasteiger partial charge >= 0.3 is 19.3 Å². The van der Waals surface area contributed by atoms with Gasteiger partial charge in [-0.15, -0.1) is 0 Å². The molecule has 4 aromatic carbocycles. The van der Waals surface area contributed by atoms with E-state index in [0.717, 1.165) is 49.0 Å². The fourth-order valence-electron chi connectivity index (χ4n) is 5.82. The molecule has 0 saturated carbocycles. The van der Waals surface area contributed by atoms with E-state index in [4.69, 9.17) is 18.8 Å². The normalized spacial score (nSPS) is 15.9. The molecule has 1 fully saturated rings. The molecule has 1 N–H and O–H groups in total. The van der Waals surface area contributed by atoms with Gasteiger partial charge in [0.05, 0.1) is 23.7 Å². The van der Waals surface area contributed by atoms with Gasteiger partial charge in [0.1, 0.15) is 5.76 Å². The van der Waals surface area contributed by atoms with E-state index in [0.29, 0.717) is 13.1 Å². The molecule has 0 aliphatic carbocycles. The monoisotopic (exact) mass is 763 g/mol. The van der Waals surface area contributed by atoms with Gasteiger partial charge in [0, 0.05) is 17.6 Å². The fraction of sp³-hybridized carbons (Fsp3) is 0.325. The maximum Gasteiger partial charge on any atom is 0.494 e. The highest BCUT2D eigenvalue weighted by molar-refractivity contribution is 9.10. The van der Waals surface area contributed by atoms with E-state index in [2.05, 4.69) is 52.0 Å². The SMILES string of the molecule is C[C@@H](C(=O)O)c1cccc(Br)c1.Cc1ccc2ccccc2c1CN(Cc1ccc(B2OC(C)(C)C(C)(C)O2)cc1)Cc1ccc(C(F)(F)F)o1. The number of carboxylic acids is 1. The molecule has 11 heteroatoms. The van der Waals surface area contributed by atoms with Gasteiger partial charge in [0.2, 0.25) is 5.76 Å². The quantitative estimate of drug-likeness (QED) is 0.151. The van der Waals surface area contributed by atoms with Crippen LogP contribution in [-0.4, -0.2) is 34.3 Å². The minimum atomic E-state index is -4.52. The van der Waals surface area contributed by atoms with Gasteiger partial charge in [-0.3, -0.25) is 9.69 Å². The van der Waals surface area contributed by atoms with Gasteiger partial charge in [0.25, 0.3) is 0 Å². The number of alkyl halides is 3. The Bertz CT molecular complexity index is 1960. The van der Waals surface area contributed by atoms with Gasteiger partial charge in [-0.1, -0.05) is 88.7 Å². The Kier molecular flexibility index (Phi) is 11.6. The third-order valence-electron chi connectivity index (χ3n) is 9.61. The van der Waals surface area contributed by atoms with Crippen molar-refractivity contribution in [1.82, 2.24) is 4.90 Å². The lowest BCUT2D eigenvalue weighted by molar-refractivity contribution is -0.153. The number of aryl methyl sites for hydroxylation is 1. The summed E-state index contributed by atoms with van der Waals surface area (Å²) in [5, 5.41) is 11.0. The van der Waals surface area contributed by atoms with Crippen molar-refractivity contribution in [3.8, 4) is 0 Å². The van der Waals surface area contributed by atoms with E-state index < -0.39 is 42.1 Å². The Morgan fingerprint density at radius 3 is 2.14 bits per heavy atom. The fourth-order valence-corrected chi connectivity index (χ4v) is 6.23. The zero-order valence-corrected chi connectivity index (χ0v) is 31.1. The van der Waals surface area contributed by atoms with Crippen molar-refractivity contribution in [3.05, 3.63) is 135 Å². The molecule has 1 aliphatic rings. The molecule has 1 aliphatic heterocycles. The summed E-state index contributed by atoms with van der Waals surface area (Å²) < 4.78 is 58.0.